The van der Waals surface area contributed by atoms with Crippen molar-refractivity contribution in [2.45, 2.75) is 37.8 Å². The van der Waals surface area contributed by atoms with Gasteiger partial charge in [-0.15, -0.1) is 0 Å². The lowest BCUT2D eigenvalue weighted by molar-refractivity contribution is -0.139. The van der Waals surface area contributed by atoms with Crippen LogP contribution >= 0.6 is 0 Å². The van der Waals surface area contributed by atoms with Crippen LogP contribution < -0.4 is 5.73 Å². The number of methoxy groups -OCH3 is 1. The smallest absolute Gasteiger partial charge is 0.224 e. The topological polar surface area (TPSA) is 55.6 Å². The lowest BCUT2D eigenvalue weighted by atomic mass is 9.92. The molecule has 1 aliphatic rings. The van der Waals surface area contributed by atoms with E-state index in [1.54, 1.807) is 19.2 Å². The zero-order chi connectivity index (χ0) is 15.2. The van der Waals surface area contributed by atoms with Crippen molar-refractivity contribution in [2.75, 3.05) is 20.2 Å². The van der Waals surface area contributed by atoms with Gasteiger partial charge in [0.05, 0.1) is 12.1 Å². The van der Waals surface area contributed by atoms with Crippen LogP contribution in [0.3, 0.4) is 0 Å². The van der Waals surface area contributed by atoms with Crippen LogP contribution in [0.5, 0.6) is 0 Å². The lowest BCUT2D eigenvalue weighted by Gasteiger charge is -2.41. The second kappa shape index (κ2) is 7.52. The average Bonchev–Trinajstić information content (AvgIpc) is 2.50. The molecule has 1 aliphatic heterocycles. The zero-order valence-corrected chi connectivity index (χ0v) is 12.4. The first-order valence-electron chi connectivity index (χ1n) is 7.43. The van der Waals surface area contributed by atoms with E-state index in [0.717, 1.165) is 12.8 Å². The molecule has 1 saturated heterocycles. The average molecular weight is 294 g/mol. The highest BCUT2D eigenvalue weighted by molar-refractivity contribution is 5.77. The molecule has 0 unspecified atom stereocenters. The number of piperidine rings is 1. The maximum Gasteiger partial charge on any atom is 0.224 e. The number of ether oxygens (including phenoxy) is 1. The van der Waals surface area contributed by atoms with Crippen LogP contribution in [-0.2, 0) is 16.0 Å². The highest BCUT2D eigenvalue weighted by atomic mass is 19.1. The SMILES string of the molecule is CO[C@H]1CCCN(C(=O)CCN)[C@H]1Cc1ccccc1F. The van der Waals surface area contributed by atoms with Crippen LogP contribution in [0.4, 0.5) is 4.39 Å². The van der Waals surface area contributed by atoms with Gasteiger partial charge in [-0.3, -0.25) is 4.79 Å². The quantitative estimate of drug-likeness (QED) is 0.899. The fraction of sp³-hybridized carbons (Fsp3) is 0.562. The lowest BCUT2D eigenvalue weighted by Crippen LogP contribution is -2.53. The van der Waals surface area contributed by atoms with Crippen molar-refractivity contribution in [3.05, 3.63) is 35.6 Å². The molecule has 1 fully saturated rings. The monoisotopic (exact) mass is 294 g/mol. The molecule has 2 atom stereocenters. The summed E-state index contributed by atoms with van der Waals surface area (Å²) in [4.78, 5) is 14.1. The molecule has 116 valence electrons. The number of amides is 1. The van der Waals surface area contributed by atoms with Gasteiger partial charge in [-0.2, -0.15) is 0 Å². The van der Waals surface area contributed by atoms with Gasteiger partial charge in [0.25, 0.3) is 0 Å². The maximum absolute atomic E-state index is 13.9. The Bertz CT molecular complexity index is 481. The van der Waals surface area contributed by atoms with Crippen molar-refractivity contribution >= 4 is 5.91 Å². The maximum atomic E-state index is 13.9. The first kappa shape index (κ1) is 15.9. The van der Waals surface area contributed by atoms with Crippen LogP contribution in [0.15, 0.2) is 24.3 Å². The van der Waals surface area contributed by atoms with Gasteiger partial charge in [0, 0.05) is 26.6 Å². The number of carbonyl (C=O) groups is 1. The largest absolute Gasteiger partial charge is 0.379 e. The van der Waals surface area contributed by atoms with E-state index in [9.17, 15) is 9.18 Å². The number of halogens is 1. The third kappa shape index (κ3) is 3.80. The summed E-state index contributed by atoms with van der Waals surface area (Å²) in [5.41, 5.74) is 6.11. The van der Waals surface area contributed by atoms with Crippen LogP contribution in [0, 0.1) is 5.82 Å². The minimum Gasteiger partial charge on any atom is -0.379 e. The normalized spacial score (nSPS) is 22.3. The molecule has 4 nitrogen and oxygen atoms in total. The Morgan fingerprint density at radius 2 is 2.24 bits per heavy atom. The molecule has 0 bridgehead atoms. The van der Waals surface area contributed by atoms with Crippen molar-refractivity contribution in [3.63, 3.8) is 0 Å². The number of hydrogen-bond acceptors (Lipinski definition) is 3. The van der Waals surface area contributed by atoms with Crippen LogP contribution in [0.2, 0.25) is 0 Å². The van der Waals surface area contributed by atoms with E-state index in [2.05, 4.69) is 0 Å². The fourth-order valence-corrected chi connectivity index (χ4v) is 3.00. The standard InChI is InChI=1S/C16H23FN2O2/c1-21-15-7-4-10-19(16(20)8-9-18)14(15)11-12-5-2-3-6-13(12)17/h2-3,5-6,14-15H,4,7-11,18H2,1H3/t14-,15-/m0/s1. The fourth-order valence-electron chi connectivity index (χ4n) is 3.00. The minimum absolute atomic E-state index is 0.0283. The van der Waals surface area contributed by atoms with Gasteiger partial charge in [0.1, 0.15) is 5.82 Å². The van der Waals surface area contributed by atoms with E-state index >= 15 is 0 Å². The molecule has 0 radical (unpaired) electrons. The van der Waals surface area contributed by atoms with Crippen molar-refractivity contribution in [3.8, 4) is 0 Å². The third-order valence-corrected chi connectivity index (χ3v) is 4.09. The van der Waals surface area contributed by atoms with Crippen molar-refractivity contribution in [1.82, 2.24) is 4.90 Å². The summed E-state index contributed by atoms with van der Waals surface area (Å²) in [6.45, 7) is 1.03. The first-order chi connectivity index (χ1) is 10.2. The Morgan fingerprint density at radius 1 is 1.48 bits per heavy atom. The molecule has 5 heteroatoms. The summed E-state index contributed by atoms with van der Waals surface area (Å²) in [6.07, 6.45) is 2.54. The summed E-state index contributed by atoms with van der Waals surface area (Å²) in [5, 5.41) is 0. The van der Waals surface area contributed by atoms with Crippen molar-refractivity contribution < 1.29 is 13.9 Å². The minimum atomic E-state index is -0.232. The number of likely N-dealkylation sites (tertiary alicyclic amines) is 1. The molecular weight excluding hydrogens is 271 g/mol. The summed E-state index contributed by atoms with van der Waals surface area (Å²) in [6, 6.07) is 6.58. The van der Waals surface area contributed by atoms with E-state index in [1.807, 2.05) is 11.0 Å². The van der Waals surface area contributed by atoms with Gasteiger partial charge in [0.2, 0.25) is 5.91 Å². The van der Waals surface area contributed by atoms with Crippen LogP contribution in [0.1, 0.15) is 24.8 Å². The van der Waals surface area contributed by atoms with Gasteiger partial charge < -0.3 is 15.4 Å². The number of hydrogen-bond donors (Lipinski definition) is 1. The first-order valence-corrected chi connectivity index (χ1v) is 7.43. The van der Waals surface area contributed by atoms with Gasteiger partial charge in [-0.1, -0.05) is 18.2 Å². The highest BCUT2D eigenvalue weighted by Gasteiger charge is 2.34. The Balaban J connectivity index is 2.20. The number of rotatable bonds is 5. The molecule has 1 aromatic rings. The Labute approximate surface area is 125 Å². The predicted octanol–water partition coefficient (Wildman–Crippen LogP) is 1.72. The van der Waals surface area contributed by atoms with E-state index in [-0.39, 0.29) is 23.9 Å². The number of carbonyl (C=O) groups excluding carboxylic acids is 1. The summed E-state index contributed by atoms with van der Waals surface area (Å²) < 4.78 is 19.4. The Kier molecular flexibility index (Phi) is 5.70. The van der Waals surface area contributed by atoms with Crippen LogP contribution in [0.25, 0.3) is 0 Å². The Hall–Kier alpha value is -1.46. The van der Waals surface area contributed by atoms with Crippen molar-refractivity contribution in [2.24, 2.45) is 5.73 Å². The molecule has 1 amide bonds. The highest BCUT2D eigenvalue weighted by Crippen LogP contribution is 2.25. The molecule has 2 N–H and O–H groups in total. The van der Waals surface area contributed by atoms with E-state index in [4.69, 9.17) is 10.5 Å². The molecule has 2 rings (SSSR count). The molecule has 0 spiro atoms. The van der Waals surface area contributed by atoms with Crippen molar-refractivity contribution in [1.29, 1.82) is 0 Å². The molecule has 21 heavy (non-hydrogen) atoms. The predicted molar refractivity (Wildman–Crippen MR) is 79.3 cm³/mol. The third-order valence-electron chi connectivity index (χ3n) is 4.09. The van der Waals surface area contributed by atoms with E-state index in [1.165, 1.54) is 6.07 Å². The molecule has 0 aromatic heterocycles. The molecule has 0 aliphatic carbocycles. The summed E-state index contributed by atoms with van der Waals surface area (Å²) >= 11 is 0. The zero-order valence-electron chi connectivity index (χ0n) is 12.4. The second-order valence-corrected chi connectivity index (χ2v) is 5.41. The Morgan fingerprint density at radius 3 is 2.90 bits per heavy atom. The van der Waals surface area contributed by atoms with Gasteiger partial charge >= 0.3 is 0 Å². The van der Waals surface area contributed by atoms with E-state index < -0.39 is 0 Å². The second-order valence-electron chi connectivity index (χ2n) is 5.41. The molecule has 1 aromatic carbocycles. The number of nitrogens with two attached hydrogens (primary N) is 1. The van der Waals surface area contributed by atoms with E-state index in [0.29, 0.717) is 31.5 Å². The van der Waals surface area contributed by atoms with Crippen LogP contribution in [-0.4, -0.2) is 43.2 Å². The molecule has 1 heterocycles. The summed E-state index contributed by atoms with van der Waals surface area (Å²) in [5.74, 6) is -0.204. The number of benzene rings is 1. The molecular formula is C16H23FN2O2. The molecule has 0 saturated carbocycles. The number of nitrogens with zero attached hydrogens (tertiary/aromatic N) is 1. The van der Waals surface area contributed by atoms with Gasteiger partial charge in [0.15, 0.2) is 0 Å². The van der Waals surface area contributed by atoms with Gasteiger partial charge in [-0.05, 0) is 30.9 Å². The van der Waals surface area contributed by atoms with Gasteiger partial charge in [-0.25, -0.2) is 4.39 Å². The summed E-state index contributed by atoms with van der Waals surface area (Å²) in [7, 11) is 1.65.